The lowest BCUT2D eigenvalue weighted by Crippen LogP contribution is -2.29. The van der Waals surface area contributed by atoms with Crippen molar-refractivity contribution in [2.75, 3.05) is 40.3 Å². The van der Waals surface area contributed by atoms with E-state index in [1.165, 1.54) is 7.11 Å². The molecule has 0 aliphatic rings. The Balaban J connectivity index is 3.10. The minimum Gasteiger partial charge on any atom is -0.469 e. The number of carbonyl (C=O) groups is 1. The summed E-state index contributed by atoms with van der Waals surface area (Å²) in [6.07, 6.45) is 1.36. The Morgan fingerprint density at radius 2 is 2.14 bits per heavy atom. The standard InChI is InChI=1S/C10H22N2O2/c1-4-12(2)9-8-11-7-5-6-10(13)14-3/h11H,4-9H2,1-3H3. The first-order chi connectivity index (χ1) is 6.70. The van der Waals surface area contributed by atoms with E-state index in [1.54, 1.807) is 0 Å². The highest BCUT2D eigenvalue weighted by Crippen LogP contribution is 1.89. The summed E-state index contributed by atoms with van der Waals surface area (Å²) in [5, 5.41) is 3.28. The fourth-order valence-corrected chi connectivity index (χ4v) is 1.01. The van der Waals surface area contributed by atoms with Crippen molar-refractivity contribution in [3.05, 3.63) is 0 Å². The van der Waals surface area contributed by atoms with Crippen LogP contribution in [0.2, 0.25) is 0 Å². The van der Waals surface area contributed by atoms with E-state index in [1.807, 2.05) is 0 Å². The smallest absolute Gasteiger partial charge is 0.305 e. The Kier molecular flexibility index (Phi) is 8.57. The number of ether oxygens (including phenoxy) is 1. The molecule has 84 valence electrons. The summed E-state index contributed by atoms with van der Waals surface area (Å²) >= 11 is 0. The summed E-state index contributed by atoms with van der Waals surface area (Å²) < 4.78 is 4.54. The van der Waals surface area contributed by atoms with Crippen LogP contribution in [-0.2, 0) is 9.53 Å². The number of hydrogen-bond donors (Lipinski definition) is 1. The quantitative estimate of drug-likeness (QED) is 0.459. The fraction of sp³-hybridized carbons (Fsp3) is 0.900. The summed E-state index contributed by atoms with van der Waals surface area (Å²) in [5.41, 5.74) is 0. The van der Waals surface area contributed by atoms with E-state index >= 15 is 0 Å². The Morgan fingerprint density at radius 1 is 1.43 bits per heavy atom. The van der Waals surface area contributed by atoms with Crippen LogP contribution < -0.4 is 5.32 Å². The third kappa shape index (κ3) is 8.01. The van der Waals surface area contributed by atoms with Crippen molar-refractivity contribution in [3.63, 3.8) is 0 Å². The van der Waals surface area contributed by atoms with Crippen LogP contribution in [0.25, 0.3) is 0 Å². The van der Waals surface area contributed by atoms with Gasteiger partial charge in [0.2, 0.25) is 0 Å². The van der Waals surface area contributed by atoms with Gasteiger partial charge in [-0.1, -0.05) is 6.92 Å². The van der Waals surface area contributed by atoms with Gasteiger partial charge < -0.3 is 15.0 Å². The van der Waals surface area contributed by atoms with E-state index in [0.29, 0.717) is 6.42 Å². The van der Waals surface area contributed by atoms with Crippen LogP contribution in [-0.4, -0.2) is 51.2 Å². The molecule has 14 heavy (non-hydrogen) atoms. The van der Waals surface area contributed by atoms with Gasteiger partial charge in [0.25, 0.3) is 0 Å². The van der Waals surface area contributed by atoms with Crippen molar-refractivity contribution >= 4 is 5.97 Å². The number of carbonyl (C=O) groups excluding carboxylic acids is 1. The molecule has 0 radical (unpaired) electrons. The van der Waals surface area contributed by atoms with Crippen molar-refractivity contribution in [2.24, 2.45) is 0 Å². The highest BCUT2D eigenvalue weighted by Gasteiger charge is 1.98. The fourth-order valence-electron chi connectivity index (χ4n) is 1.01. The molecule has 0 unspecified atom stereocenters. The molecule has 0 atom stereocenters. The molecule has 0 fully saturated rings. The highest BCUT2D eigenvalue weighted by molar-refractivity contribution is 5.68. The second-order valence-electron chi connectivity index (χ2n) is 3.33. The number of methoxy groups -OCH3 is 1. The highest BCUT2D eigenvalue weighted by atomic mass is 16.5. The van der Waals surface area contributed by atoms with Crippen LogP contribution in [0.15, 0.2) is 0 Å². The van der Waals surface area contributed by atoms with E-state index in [-0.39, 0.29) is 5.97 Å². The molecule has 0 aliphatic heterocycles. The average molecular weight is 202 g/mol. The molecular formula is C10H22N2O2. The number of nitrogens with one attached hydrogen (secondary N) is 1. The molecule has 4 nitrogen and oxygen atoms in total. The van der Waals surface area contributed by atoms with E-state index < -0.39 is 0 Å². The van der Waals surface area contributed by atoms with Crippen molar-refractivity contribution in [3.8, 4) is 0 Å². The predicted octanol–water partition coefficient (Wildman–Crippen LogP) is 0.481. The SMILES string of the molecule is CCN(C)CCNCCCC(=O)OC. The maximum atomic E-state index is 10.7. The number of hydrogen-bond acceptors (Lipinski definition) is 4. The lowest BCUT2D eigenvalue weighted by Gasteiger charge is -2.13. The van der Waals surface area contributed by atoms with Crippen LogP contribution in [0.3, 0.4) is 0 Å². The van der Waals surface area contributed by atoms with Gasteiger partial charge in [-0.25, -0.2) is 0 Å². The lowest BCUT2D eigenvalue weighted by molar-refractivity contribution is -0.140. The summed E-state index contributed by atoms with van der Waals surface area (Å²) in [7, 11) is 3.52. The molecular weight excluding hydrogens is 180 g/mol. The van der Waals surface area contributed by atoms with Gasteiger partial charge in [0.05, 0.1) is 7.11 Å². The first-order valence-electron chi connectivity index (χ1n) is 5.16. The summed E-state index contributed by atoms with van der Waals surface area (Å²) in [4.78, 5) is 13.0. The van der Waals surface area contributed by atoms with Crippen LogP contribution in [0.1, 0.15) is 19.8 Å². The van der Waals surface area contributed by atoms with Gasteiger partial charge in [0.1, 0.15) is 0 Å². The second kappa shape index (κ2) is 8.97. The van der Waals surface area contributed by atoms with Gasteiger partial charge in [-0.05, 0) is 26.6 Å². The second-order valence-corrected chi connectivity index (χ2v) is 3.33. The molecule has 0 amide bonds. The molecule has 0 saturated heterocycles. The maximum Gasteiger partial charge on any atom is 0.305 e. The van der Waals surface area contributed by atoms with Crippen molar-refractivity contribution in [1.82, 2.24) is 10.2 Å². The zero-order chi connectivity index (χ0) is 10.8. The van der Waals surface area contributed by atoms with Crippen LogP contribution in [0.4, 0.5) is 0 Å². The minimum atomic E-state index is -0.127. The van der Waals surface area contributed by atoms with Gasteiger partial charge in [0, 0.05) is 19.5 Å². The molecule has 0 aliphatic carbocycles. The van der Waals surface area contributed by atoms with Crippen molar-refractivity contribution in [1.29, 1.82) is 0 Å². The van der Waals surface area contributed by atoms with Gasteiger partial charge in [0.15, 0.2) is 0 Å². The number of esters is 1. The molecule has 0 aromatic heterocycles. The van der Waals surface area contributed by atoms with Crippen molar-refractivity contribution < 1.29 is 9.53 Å². The Hall–Kier alpha value is -0.610. The lowest BCUT2D eigenvalue weighted by atomic mass is 10.3. The zero-order valence-corrected chi connectivity index (χ0v) is 9.51. The molecule has 0 heterocycles. The average Bonchev–Trinajstić information content (AvgIpc) is 2.22. The summed E-state index contributed by atoms with van der Waals surface area (Å²) in [5.74, 6) is -0.127. The van der Waals surface area contributed by atoms with Gasteiger partial charge >= 0.3 is 5.97 Å². The third-order valence-corrected chi connectivity index (χ3v) is 2.17. The van der Waals surface area contributed by atoms with E-state index in [9.17, 15) is 4.79 Å². The molecule has 0 aromatic rings. The Bertz CT molecular complexity index is 151. The summed E-state index contributed by atoms with van der Waals surface area (Å²) in [6, 6.07) is 0. The first kappa shape index (κ1) is 13.4. The largest absolute Gasteiger partial charge is 0.469 e. The topological polar surface area (TPSA) is 41.6 Å². The number of nitrogens with zero attached hydrogens (tertiary/aromatic N) is 1. The first-order valence-corrected chi connectivity index (χ1v) is 5.16. The number of rotatable bonds is 8. The zero-order valence-electron chi connectivity index (χ0n) is 9.51. The van der Waals surface area contributed by atoms with Crippen LogP contribution >= 0.6 is 0 Å². The van der Waals surface area contributed by atoms with Crippen molar-refractivity contribution in [2.45, 2.75) is 19.8 Å². The van der Waals surface area contributed by atoms with Crippen LogP contribution in [0.5, 0.6) is 0 Å². The molecule has 4 heteroatoms. The molecule has 0 aromatic carbocycles. The van der Waals surface area contributed by atoms with Crippen LogP contribution in [0, 0.1) is 0 Å². The van der Waals surface area contributed by atoms with E-state index in [2.05, 4.69) is 28.9 Å². The van der Waals surface area contributed by atoms with E-state index in [0.717, 1.165) is 32.6 Å². The molecule has 0 spiro atoms. The van der Waals surface area contributed by atoms with Gasteiger partial charge in [-0.15, -0.1) is 0 Å². The van der Waals surface area contributed by atoms with Gasteiger partial charge in [-0.2, -0.15) is 0 Å². The van der Waals surface area contributed by atoms with E-state index in [4.69, 9.17) is 0 Å². The normalized spacial score (nSPS) is 10.6. The predicted molar refractivity (Wildman–Crippen MR) is 57.3 cm³/mol. The Morgan fingerprint density at radius 3 is 2.71 bits per heavy atom. The summed E-state index contributed by atoms with van der Waals surface area (Å²) in [6.45, 7) is 6.12. The molecule has 1 N–H and O–H groups in total. The Labute approximate surface area is 86.6 Å². The third-order valence-electron chi connectivity index (χ3n) is 2.17. The minimum absolute atomic E-state index is 0.127. The molecule has 0 bridgehead atoms. The maximum absolute atomic E-state index is 10.7. The molecule has 0 saturated carbocycles. The molecule has 0 rings (SSSR count). The monoisotopic (exact) mass is 202 g/mol. The van der Waals surface area contributed by atoms with Gasteiger partial charge in [-0.3, -0.25) is 4.79 Å². The number of likely N-dealkylation sites (N-methyl/N-ethyl adjacent to an activating group) is 1.